The topological polar surface area (TPSA) is 124 Å². The molecule has 1 amide bonds. The van der Waals surface area contributed by atoms with Crippen LogP contribution < -0.4 is 5.32 Å². The number of nitrogens with one attached hydrogen (secondary N) is 1. The molecule has 4 aromatic rings. The molecule has 0 aliphatic rings. The Morgan fingerprint density at radius 1 is 0.950 bits per heavy atom. The van der Waals surface area contributed by atoms with Crippen LogP contribution in [0.1, 0.15) is 64.0 Å². The number of aromatic nitrogens is 2. The van der Waals surface area contributed by atoms with Gasteiger partial charge in [-0.25, -0.2) is 14.8 Å². The summed E-state index contributed by atoms with van der Waals surface area (Å²) in [6, 6.07) is 24.8. The number of carbonyl (C=O) groups is 2. The Labute approximate surface area is 232 Å². The first-order valence-electron chi connectivity index (χ1n) is 13.1. The van der Waals surface area contributed by atoms with Gasteiger partial charge in [-0.05, 0) is 30.9 Å². The summed E-state index contributed by atoms with van der Waals surface area (Å²) in [6.07, 6.45) is 1.53. The standard InChI is InChI=1S/C31H30N4O5/c1-3-12-25-27(31(37)40-4-2)28(34-29(32-25)23-17-11-18-24(20-23)35(38)39)30(36)33-26(22-15-9-6-10-16-22)19-21-13-7-5-8-14-21/h5-11,13-18,20,26H,3-4,12,19H2,1-2H3,(H,33,36). The normalized spacial score (nSPS) is 11.4. The van der Waals surface area contributed by atoms with E-state index < -0.39 is 22.8 Å². The predicted molar refractivity (Wildman–Crippen MR) is 151 cm³/mol. The number of hydrogen-bond acceptors (Lipinski definition) is 7. The fraction of sp³-hybridized carbons (Fsp3) is 0.226. The maximum absolute atomic E-state index is 13.9. The lowest BCUT2D eigenvalue weighted by atomic mass is 9.98. The van der Waals surface area contributed by atoms with Crippen LogP contribution in [0, 0.1) is 10.1 Å². The Morgan fingerprint density at radius 3 is 2.30 bits per heavy atom. The molecule has 9 nitrogen and oxygen atoms in total. The van der Waals surface area contributed by atoms with E-state index in [1.54, 1.807) is 13.0 Å². The van der Waals surface area contributed by atoms with Crippen molar-refractivity contribution < 1.29 is 19.2 Å². The number of benzene rings is 3. The molecule has 0 spiro atoms. The van der Waals surface area contributed by atoms with Crippen LogP contribution in [0.15, 0.2) is 84.9 Å². The van der Waals surface area contributed by atoms with Gasteiger partial charge in [-0.2, -0.15) is 0 Å². The van der Waals surface area contributed by atoms with Crippen LogP contribution >= 0.6 is 0 Å². The SMILES string of the molecule is CCCc1nc(-c2cccc([N+](=O)[O-])c2)nc(C(=O)NC(Cc2ccccc2)c2ccccc2)c1C(=O)OCC. The fourth-order valence-corrected chi connectivity index (χ4v) is 4.41. The summed E-state index contributed by atoms with van der Waals surface area (Å²) in [5, 5.41) is 14.5. The van der Waals surface area contributed by atoms with Gasteiger partial charge in [0, 0.05) is 17.7 Å². The Morgan fingerprint density at radius 2 is 1.65 bits per heavy atom. The highest BCUT2D eigenvalue weighted by Crippen LogP contribution is 2.26. The van der Waals surface area contributed by atoms with Gasteiger partial charge < -0.3 is 10.1 Å². The van der Waals surface area contributed by atoms with Crippen LogP contribution in [0.2, 0.25) is 0 Å². The Bertz CT molecular complexity index is 1490. The molecule has 4 rings (SSSR count). The highest BCUT2D eigenvalue weighted by Gasteiger charge is 2.28. The lowest BCUT2D eigenvalue weighted by molar-refractivity contribution is -0.384. The molecule has 1 heterocycles. The molecule has 0 saturated heterocycles. The van der Waals surface area contributed by atoms with Gasteiger partial charge >= 0.3 is 5.97 Å². The van der Waals surface area contributed by atoms with Gasteiger partial charge in [0.1, 0.15) is 11.3 Å². The van der Waals surface area contributed by atoms with Crippen LogP contribution in [-0.2, 0) is 17.6 Å². The number of aryl methyl sites for hydroxylation is 1. The lowest BCUT2D eigenvalue weighted by Gasteiger charge is -2.21. The van der Waals surface area contributed by atoms with E-state index in [0.717, 1.165) is 11.1 Å². The molecular weight excluding hydrogens is 508 g/mol. The smallest absolute Gasteiger partial charge is 0.342 e. The molecule has 204 valence electrons. The number of hydrogen-bond donors (Lipinski definition) is 1. The number of nitrogens with zero attached hydrogens (tertiary/aromatic N) is 3. The van der Waals surface area contributed by atoms with Crippen molar-refractivity contribution in [3.8, 4) is 11.4 Å². The molecule has 0 fully saturated rings. The molecule has 1 atom stereocenters. The van der Waals surface area contributed by atoms with Crippen molar-refractivity contribution in [1.82, 2.24) is 15.3 Å². The maximum Gasteiger partial charge on any atom is 0.342 e. The summed E-state index contributed by atoms with van der Waals surface area (Å²) in [4.78, 5) is 47.0. The van der Waals surface area contributed by atoms with E-state index in [0.29, 0.717) is 30.5 Å². The third-order valence-electron chi connectivity index (χ3n) is 6.27. The van der Waals surface area contributed by atoms with E-state index in [1.165, 1.54) is 18.2 Å². The van der Waals surface area contributed by atoms with E-state index in [4.69, 9.17) is 4.74 Å². The minimum absolute atomic E-state index is 0.00176. The van der Waals surface area contributed by atoms with Crippen LogP contribution in [0.25, 0.3) is 11.4 Å². The number of non-ortho nitro benzene ring substituents is 1. The first-order chi connectivity index (χ1) is 19.4. The maximum atomic E-state index is 13.9. The largest absolute Gasteiger partial charge is 0.462 e. The summed E-state index contributed by atoms with van der Waals surface area (Å²) in [6.45, 7) is 3.72. The van der Waals surface area contributed by atoms with Gasteiger partial charge in [0.25, 0.3) is 11.6 Å². The van der Waals surface area contributed by atoms with E-state index in [2.05, 4.69) is 15.3 Å². The second-order valence-corrected chi connectivity index (χ2v) is 9.12. The molecule has 0 bridgehead atoms. The Hall–Kier alpha value is -4.92. The van der Waals surface area contributed by atoms with Crippen molar-refractivity contribution in [2.75, 3.05) is 6.61 Å². The van der Waals surface area contributed by atoms with Crippen molar-refractivity contribution >= 4 is 17.6 Å². The summed E-state index contributed by atoms with van der Waals surface area (Å²) < 4.78 is 5.30. The van der Waals surface area contributed by atoms with Crippen molar-refractivity contribution in [2.45, 2.75) is 39.2 Å². The molecule has 1 unspecified atom stereocenters. The molecule has 0 radical (unpaired) electrons. The third-order valence-corrected chi connectivity index (χ3v) is 6.27. The zero-order valence-electron chi connectivity index (χ0n) is 22.4. The van der Waals surface area contributed by atoms with Crippen molar-refractivity contribution in [3.05, 3.63) is 123 Å². The van der Waals surface area contributed by atoms with Gasteiger partial charge in [0.2, 0.25) is 0 Å². The highest BCUT2D eigenvalue weighted by atomic mass is 16.6. The van der Waals surface area contributed by atoms with Gasteiger partial charge in [0.05, 0.1) is 23.3 Å². The highest BCUT2D eigenvalue weighted by molar-refractivity contribution is 6.05. The molecule has 40 heavy (non-hydrogen) atoms. The number of carbonyl (C=O) groups excluding carboxylic acids is 2. The fourth-order valence-electron chi connectivity index (χ4n) is 4.41. The minimum Gasteiger partial charge on any atom is -0.462 e. The quantitative estimate of drug-likeness (QED) is 0.143. The molecular formula is C31H30N4O5. The zero-order valence-corrected chi connectivity index (χ0v) is 22.4. The van der Waals surface area contributed by atoms with E-state index >= 15 is 0 Å². The van der Waals surface area contributed by atoms with Gasteiger partial charge in [-0.15, -0.1) is 0 Å². The van der Waals surface area contributed by atoms with Crippen LogP contribution in [-0.4, -0.2) is 33.4 Å². The van der Waals surface area contributed by atoms with E-state index in [1.807, 2.05) is 67.6 Å². The Balaban J connectivity index is 1.82. The zero-order chi connectivity index (χ0) is 28.5. The first kappa shape index (κ1) is 28.1. The number of rotatable bonds is 11. The molecule has 3 aromatic carbocycles. The van der Waals surface area contributed by atoms with Crippen molar-refractivity contribution in [3.63, 3.8) is 0 Å². The first-order valence-corrected chi connectivity index (χ1v) is 13.1. The molecule has 0 aliphatic carbocycles. The summed E-state index contributed by atoms with van der Waals surface area (Å²) in [5.74, 6) is -1.15. The lowest BCUT2D eigenvalue weighted by Crippen LogP contribution is -2.33. The molecule has 0 saturated carbocycles. The average Bonchev–Trinajstić information content (AvgIpc) is 2.97. The van der Waals surface area contributed by atoms with Crippen LogP contribution in [0.3, 0.4) is 0 Å². The van der Waals surface area contributed by atoms with Crippen LogP contribution in [0.5, 0.6) is 0 Å². The van der Waals surface area contributed by atoms with Gasteiger partial charge in [-0.3, -0.25) is 14.9 Å². The van der Waals surface area contributed by atoms with Gasteiger partial charge in [0.15, 0.2) is 5.82 Å². The third kappa shape index (κ3) is 6.74. The summed E-state index contributed by atoms with van der Waals surface area (Å²) >= 11 is 0. The molecule has 0 aliphatic heterocycles. The molecule has 9 heteroatoms. The minimum atomic E-state index is -0.694. The molecule has 1 aromatic heterocycles. The number of nitro benzene ring substituents is 1. The number of amides is 1. The van der Waals surface area contributed by atoms with E-state index in [9.17, 15) is 19.7 Å². The number of esters is 1. The van der Waals surface area contributed by atoms with E-state index in [-0.39, 0.29) is 29.4 Å². The second kappa shape index (κ2) is 13.2. The van der Waals surface area contributed by atoms with Gasteiger partial charge in [-0.1, -0.05) is 86.1 Å². The number of ether oxygens (including phenoxy) is 1. The van der Waals surface area contributed by atoms with Crippen LogP contribution in [0.4, 0.5) is 5.69 Å². The monoisotopic (exact) mass is 538 g/mol. The second-order valence-electron chi connectivity index (χ2n) is 9.12. The predicted octanol–water partition coefficient (Wildman–Crippen LogP) is 5.89. The molecule has 1 N–H and O–H groups in total. The van der Waals surface area contributed by atoms with Crippen molar-refractivity contribution in [2.24, 2.45) is 0 Å². The number of nitro groups is 1. The van der Waals surface area contributed by atoms with Crippen molar-refractivity contribution in [1.29, 1.82) is 0 Å². The summed E-state index contributed by atoms with van der Waals surface area (Å²) in [5.41, 5.74) is 2.36. The summed E-state index contributed by atoms with van der Waals surface area (Å²) in [7, 11) is 0. The Kier molecular flexibility index (Phi) is 9.30. The average molecular weight is 539 g/mol.